The summed E-state index contributed by atoms with van der Waals surface area (Å²) in [4.78, 5) is 18.8. The summed E-state index contributed by atoms with van der Waals surface area (Å²) in [5, 5.41) is 10.2. The number of fused-ring (bicyclic) bond motifs is 1. The molecule has 0 amide bonds. The smallest absolute Gasteiger partial charge is 0.310 e. The van der Waals surface area contributed by atoms with E-state index in [0.717, 1.165) is 23.4 Å². The highest BCUT2D eigenvalue weighted by molar-refractivity contribution is 6.31. The fourth-order valence-electron chi connectivity index (χ4n) is 4.04. The largest absolute Gasteiger partial charge is 0.481 e. The summed E-state index contributed by atoms with van der Waals surface area (Å²) in [6.45, 7) is 5.92. The van der Waals surface area contributed by atoms with Crippen molar-refractivity contribution in [3.8, 4) is 0 Å². The number of likely N-dealkylation sites (tertiary alicyclic amines) is 1. The van der Waals surface area contributed by atoms with Gasteiger partial charge in [0.1, 0.15) is 5.82 Å². The van der Waals surface area contributed by atoms with Gasteiger partial charge in [0.25, 0.3) is 0 Å². The van der Waals surface area contributed by atoms with Crippen molar-refractivity contribution in [1.29, 1.82) is 0 Å². The number of imidazole rings is 1. The molecule has 2 atom stereocenters. The van der Waals surface area contributed by atoms with Crippen molar-refractivity contribution >= 4 is 28.6 Å². The molecule has 0 spiro atoms. The predicted octanol–water partition coefficient (Wildman–Crippen LogP) is 4.60. The first-order chi connectivity index (χ1) is 13.4. The zero-order chi connectivity index (χ0) is 19.9. The van der Waals surface area contributed by atoms with Crippen molar-refractivity contribution in [2.24, 2.45) is 5.41 Å². The molecule has 1 aliphatic rings. The lowest BCUT2D eigenvalue weighted by atomic mass is 9.90. The minimum Gasteiger partial charge on any atom is -0.481 e. The Kier molecular flexibility index (Phi) is 4.89. The Morgan fingerprint density at radius 1 is 1.29 bits per heavy atom. The minimum atomic E-state index is -0.730. The molecule has 6 heteroatoms. The van der Waals surface area contributed by atoms with Crippen LogP contribution < -0.4 is 0 Å². The lowest BCUT2D eigenvalue weighted by Gasteiger charge is -2.26. The third-order valence-corrected chi connectivity index (χ3v) is 6.10. The van der Waals surface area contributed by atoms with Crippen LogP contribution in [0, 0.1) is 5.41 Å². The Hall–Kier alpha value is -2.37. The van der Waals surface area contributed by atoms with E-state index in [1.54, 1.807) is 0 Å². The average Bonchev–Trinajstić information content (AvgIpc) is 3.24. The number of aromatic nitrogens is 2. The first-order valence-electron chi connectivity index (χ1n) is 9.54. The number of carbonyl (C=O) groups is 1. The number of rotatable bonds is 5. The molecule has 4 rings (SSSR count). The van der Waals surface area contributed by atoms with E-state index in [2.05, 4.69) is 28.5 Å². The van der Waals surface area contributed by atoms with Crippen LogP contribution in [0.5, 0.6) is 0 Å². The SMILES string of the molecule is CC(c1nc2cc(Cl)ccc2n1Cc1ccccc1)N1CCC(C)(C(=O)O)C1. The van der Waals surface area contributed by atoms with Crippen molar-refractivity contribution in [1.82, 2.24) is 14.5 Å². The lowest BCUT2D eigenvalue weighted by Crippen LogP contribution is -2.33. The van der Waals surface area contributed by atoms with E-state index >= 15 is 0 Å². The van der Waals surface area contributed by atoms with Gasteiger partial charge in [0, 0.05) is 24.7 Å². The fourth-order valence-corrected chi connectivity index (χ4v) is 4.20. The van der Waals surface area contributed by atoms with Gasteiger partial charge < -0.3 is 9.67 Å². The highest BCUT2D eigenvalue weighted by atomic mass is 35.5. The van der Waals surface area contributed by atoms with Gasteiger partial charge in [-0.25, -0.2) is 4.98 Å². The third kappa shape index (κ3) is 3.40. The second-order valence-corrected chi connectivity index (χ2v) is 8.37. The molecule has 2 aromatic carbocycles. The Morgan fingerprint density at radius 3 is 2.71 bits per heavy atom. The maximum Gasteiger partial charge on any atom is 0.310 e. The summed E-state index contributed by atoms with van der Waals surface area (Å²) < 4.78 is 2.22. The first-order valence-corrected chi connectivity index (χ1v) is 9.92. The van der Waals surface area contributed by atoms with Gasteiger partial charge in [0.2, 0.25) is 0 Å². The van der Waals surface area contributed by atoms with E-state index < -0.39 is 11.4 Å². The number of carboxylic acids is 1. The van der Waals surface area contributed by atoms with Gasteiger partial charge in [-0.1, -0.05) is 41.9 Å². The van der Waals surface area contributed by atoms with Crippen molar-refractivity contribution in [2.75, 3.05) is 13.1 Å². The lowest BCUT2D eigenvalue weighted by molar-refractivity contribution is -0.147. The van der Waals surface area contributed by atoms with E-state index in [1.165, 1.54) is 5.56 Å². The predicted molar refractivity (Wildman–Crippen MR) is 111 cm³/mol. The standard InChI is InChI=1S/C22H24ClN3O2/c1-15(25-11-10-22(2,14-25)21(27)28)20-24-18-12-17(23)8-9-19(18)26(20)13-16-6-4-3-5-7-16/h3-9,12,15H,10-11,13-14H2,1-2H3,(H,27,28). The van der Waals surface area contributed by atoms with Crippen LogP contribution in [0.2, 0.25) is 5.02 Å². The van der Waals surface area contributed by atoms with Gasteiger partial charge in [-0.15, -0.1) is 0 Å². The van der Waals surface area contributed by atoms with Crippen LogP contribution in [0.3, 0.4) is 0 Å². The molecule has 28 heavy (non-hydrogen) atoms. The highest BCUT2D eigenvalue weighted by Gasteiger charge is 2.42. The van der Waals surface area contributed by atoms with Crippen molar-refractivity contribution < 1.29 is 9.90 Å². The molecular formula is C22H24ClN3O2. The molecule has 0 saturated carbocycles. The van der Waals surface area contributed by atoms with Crippen molar-refractivity contribution in [3.63, 3.8) is 0 Å². The second kappa shape index (κ2) is 7.22. The second-order valence-electron chi connectivity index (χ2n) is 7.94. The Morgan fingerprint density at radius 2 is 2.04 bits per heavy atom. The molecule has 2 heterocycles. The quantitative estimate of drug-likeness (QED) is 0.683. The number of halogens is 1. The molecule has 3 aromatic rings. The van der Waals surface area contributed by atoms with Gasteiger partial charge in [-0.2, -0.15) is 0 Å². The van der Waals surface area contributed by atoms with Crippen LogP contribution in [-0.4, -0.2) is 38.6 Å². The van der Waals surface area contributed by atoms with Gasteiger partial charge >= 0.3 is 5.97 Å². The van der Waals surface area contributed by atoms with E-state index in [1.807, 2.05) is 43.3 Å². The van der Waals surface area contributed by atoms with Gasteiger partial charge in [0.15, 0.2) is 0 Å². The summed E-state index contributed by atoms with van der Waals surface area (Å²) in [5.41, 5.74) is 2.40. The monoisotopic (exact) mass is 397 g/mol. The maximum absolute atomic E-state index is 11.7. The van der Waals surface area contributed by atoms with Gasteiger partial charge in [-0.3, -0.25) is 9.69 Å². The summed E-state index contributed by atoms with van der Waals surface area (Å²) >= 11 is 6.19. The topological polar surface area (TPSA) is 58.4 Å². The summed E-state index contributed by atoms with van der Waals surface area (Å²) in [6.07, 6.45) is 0.650. The maximum atomic E-state index is 11.7. The zero-order valence-corrected chi connectivity index (χ0v) is 16.9. The Labute approximate surface area is 169 Å². The molecule has 146 valence electrons. The molecule has 1 fully saturated rings. The molecule has 2 unspecified atom stereocenters. The van der Waals surface area contributed by atoms with E-state index in [-0.39, 0.29) is 6.04 Å². The van der Waals surface area contributed by atoms with Crippen LogP contribution in [0.4, 0.5) is 0 Å². The average molecular weight is 398 g/mol. The van der Waals surface area contributed by atoms with Crippen LogP contribution in [0.15, 0.2) is 48.5 Å². The summed E-state index contributed by atoms with van der Waals surface area (Å²) in [5.74, 6) is 0.211. The van der Waals surface area contributed by atoms with Crippen LogP contribution in [0.25, 0.3) is 11.0 Å². The fraction of sp³-hybridized carbons (Fsp3) is 0.364. The zero-order valence-electron chi connectivity index (χ0n) is 16.1. The number of carboxylic acid groups (broad SMARTS) is 1. The van der Waals surface area contributed by atoms with E-state index in [0.29, 0.717) is 24.5 Å². The molecule has 1 saturated heterocycles. The molecular weight excluding hydrogens is 374 g/mol. The van der Waals surface area contributed by atoms with Gasteiger partial charge in [-0.05, 0) is 44.0 Å². The molecule has 0 radical (unpaired) electrons. The summed E-state index contributed by atoms with van der Waals surface area (Å²) in [6, 6.07) is 16.1. The van der Waals surface area contributed by atoms with Crippen molar-refractivity contribution in [3.05, 3.63) is 64.9 Å². The van der Waals surface area contributed by atoms with Crippen LogP contribution in [-0.2, 0) is 11.3 Å². The minimum absolute atomic E-state index is 0.0102. The number of hydrogen-bond donors (Lipinski definition) is 1. The number of hydrogen-bond acceptors (Lipinski definition) is 3. The normalized spacial score (nSPS) is 21.2. The third-order valence-electron chi connectivity index (χ3n) is 5.86. The Bertz CT molecular complexity index is 1020. The molecule has 1 aromatic heterocycles. The van der Waals surface area contributed by atoms with Crippen molar-refractivity contribution in [2.45, 2.75) is 32.9 Å². The molecule has 1 aliphatic heterocycles. The molecule has 0 bridgehead atoms. The molecule has 5 nitrogen and oxygen atoms in total. The Balaban J connectivity index is 1.73. The highest BCUT2D eigenvalue weighted by Crippen LogP contribution is 2.36. The molecule has 0 aliphatic carbocycles. The van der Waals surface area contributed by atoms with Gasteiger partial charge in [0.05, 0.1) is 22.5 Å². The number of aliphatic carboxylic acids is 1. The number of benzene rings is 2. The molecule has 1 N–H and O–H groups in total. The first kappa shape index (κ1) is 19.0. The summed E-state index contributed by atoms with van der Waals surface area (Å²) in [7, 11) is 0. The van der Waals surface area contributed by atoms with E-state index in [9.17, 15) is 9.90 Å². The van der Waals surface area contributed by atoms with E-state index in [4.69, 9.17) is 16.6 Å². The number of nitrogens with zero attached hydrogens (tertiary/aromatic N) is 3. The van der Waals surface area contributed by atoms with Crippen LogP contribution in [0.1, 0.15) is 37.7 Å². The van der Waals surface area contributed by atoms with Crippen LogP contribution >= 0.6 is 11.6 Å².